The van der Waals surface area contributed by atoms with Gasteiger partial charge in [-0.05, 0) is 19.9 Å². The average Bonchev–Trinajstić information content (AvgIpc) is 2.62. The fourth-order valence-corrected chi connectivity index (χ4v) is 1.72. The summed E-state index contributed by atoms with van der Waals surface area (Å²) < 4.78 is 4.77. The molecule has 17 heavy (non-hydrogen) atoms. The lowest BCUT2D eigenvalue weighted by atomic mass is 10.1. The highest BCUT2D eigenvalue weighted by molar-refractivity contribution is 5.93. The third-order valence-corrected chi connectivity index (χ3v) is 2.46. The van der Waals surface area contributed by atoms with Crippen molar-refractivity contribution in [3.8, 4) is 11.8 Å². The molecule has 2 rings (SSSR count). The summed E-state index contributed by atoms with van der Waals surface area (Å²) in [6.07, 6.45) is 0. The lowest BCUT2D eigenvalue weighted by Gasteiger charge is -1.92. The molecule has 0 atom stereocenters. The van der Waals surface area contributed by atoms with Crippen molar-refractivity contribution in [2.24, 2.45) is 0 Å². The van der Waals surface area contributed by atoms with Gasteiger partial charge in [0.05, 0.1) is 12.2 Å². The highest BCUT2D eigenvalue weighted by atomic mass is 16.5. The second kappa shape index (κ2) is 4.75. The summed E-state index contributed by atoms with van der Waals surface area (Å²) in [5.74, 6) is 4.86. The van der Waals surface area contributed by atoms with Crippen LogP contribution in [0.1, 0.15) is 18.2 Å². The number of fused-ring (bicyclic) bond motifs is 1. The minimum absolute atomic E-state index is 0.348. The van der Waals surface area contributed by atoms with E-state index in [2.05, 4.69) is 16.8 Å². The number of benzene rings is 1. The van der Waals surface area contributed by atoms with Crippen molar-refractivity contribution in [3.05, 3.63) is 35.5 Å². The average molecular weight is 227 g/mol. The summed E-state index contributed by atoms with van der Waals surface area (Å²) in [7, 11) is 0. The van der Waals surface area contributed by atoms with Crippen molar-refractivity contribution in [2.45, 2.75) is 13.8 Å². The number of para-hydroxylation sites is 1. The van der Waals surface area contributed by atoms with Crippen LogP contribution in [0.4, 0.5) is 0 Å². The Hall–Kier alpha value is -2.21. The van der Waals surface area contributed by atoms with E-state index in [1.165, 1.54) is 0 Å². The number of rotatable bonds is 1. The number of H-pyrrole nitrogens is 1. The van der Waals surface area contributed by atoms with E-state index in [0.29, 0.717) is 6.61 Å². The number of nitrogens with one attached hydrogen (secondary N) is 1. The highest BCUT2D eigenvalue weighted by Crippen LogP contribution is 2.20. The first-order valence-electron chi connectivity index (χ1n) is 5.48. The molecule has 0 radical (unpaired) electrons. The molecule has 0 bridgehead atoms. The Morgan fingerprint density at radius 1 is 1.41 bits per heavy atom. The second-order valence-electron chi connectivity index (χ2n) is 3.64. The molecule has 0 unspecified atom stereocenters. The van der Waals surface area contributed by atoms with Crippen LogP contribution in [0, 0.1) is 18.8 Å². The molecule has 0 aliphatic carbocycles. The van der Waals surface area contributed by atoms with Crippen LogP contribution in [0.5, 0.6) is 0 Å². The minimum atomic E-state index is -0.489. The molecular formula is C14H13NO2. The number of hydrogen-bond acceptors (Lipinski definition) is 2. The number of esters is 1. The molecule has 0 spiro atoms. The van der Waals surface area contributed by atoms with Crippen LogP contribution in [0.15, 0.2) is 24.3 Å². The molecule has 1 heterocycles. The summed E-state index contributed by atoms with van der Waals surface area (Å²) in [6.45, 7) is 4.05. The van der Waals surface area contributed by atoms with Gasteiger partial charge in [-0.1, -0.05) is 24.1 Å². The number of aromatic amines is 1. The van der Waals surface area contributed by atoms with Gasteiger partial charge in [-0.15, -0.1) is 0 Å². The smallest absolute Gasteiger partial charge is 0.384 e. The van der Waals surface area contributed by atoms with E-state index < -0.39 is 5.97 Å². The highest BCUT2D eigenvalue weighted by Gasteiger charge is 2.05. The SMILES string of the molecule is CCOC(=O)C#Cc1c(C)[nH]c2ccccc12. The minimum Gasteiger partial charge on any atom is -0.456 e. The third kappa shape index (κ3) is 2.31. The normalized spacial score (nSPS) is 9.76. The zero-order chi connectivity index (χ0) is 12.3. The zero-order valence-electron chi connectivity index (χ0n) is 9.83. The first-order chi connectivity index (χ1) is 8.22. The topological polar surface area (TPSA) is 42.1 Å². The van der Waals surface area contributed by atoms with Gasteiger partial charge in [0, 0.05) is 22.5 Å². The molecule has 0 aliphatic rings. The molecule has 3 nitrogen and oxygen atoms in total. The number of carbonyl (C=O) groups is 1. The van der Waals surface area contributed by atoms with Crippen LogP contribution in [-0.4, -0.2) is 17.6 Å². The van der Waals surface area contributed by atoms with Gasteiger partial charge < -0.3 is 9.72 Å². The Bertz CT molecular complexity index is 614. The molecule has 0 aliphatic heterocycles. The summed E-state index contributed by atoms with van der Waals surface area (Å²) in [4.78, 5) is 14.4. The molecule has 0 saturated heterocycles. The van der Waals surface area contributed by atoms with E-state index >= 15 is 0 Å². The van der Waals surface area contributed by atoms with E-state index in [1.54, 1.807) is 6.92 Å². The maximum atomic E-state index is 11.2. The van der Waals surface area contributed by atoms with Gasteiger partial charge in [0.15, 0.2) is 0 Å². The van der Waals surface area contributed by atoms with Crippen molar-refractivity contribution >= 4 is 16.9 Å². The Morgan fingerprint density at radius 2 is 2.18 bits per heavy atom. The largest absolute Gasteiger partial charge is 0.456 e. The first-order valence-corrected chi connectivity index (χ1v) is 5.48. The molecule has 1 aromatic carbocycles. The Morgan fingerprint density at radius 3 is 2.94 bits per heavy atom. The first kappa shape index (κ1) is 11.3. The molecule has 0 fully saturated rings. The second-order valence-corrected chi connectivity index (χ2v) is 3.64. The number of ether oxygens (including phenoxy) is 1. The number of carbonyl (C=O) groups excluding carboxylic acids is 1. The van der Waals surface area contributed by atoms with Crippen molar-refractivity contribution in [3.63, 3.8) is 0 Å². The molecule has 1 N–H and O–H groups in total. The molecule has 2 aromatic rings. The number of hydrogen-bond donors (Lipinski definition) is 1. The van der Waals surface area contributed by atoms with Crippen molar-refractivity contribution in [2.75, 3.05) is 6.61 Å². The van der Waals surface area contributed by atoms with Gasteiger partial charge in [-0.3, -0.25) is 0 Å². The van der Waals surface area contributed by atoms with Crippen molar-refractivity contribution < 1.29 is 9.53 Å². The van der Waals surface area contributed by atoms with Crippen molar-refractivity contribution in [1.29, 1.82) is 0 Å². The van der Waals surface area contributed by atoms with Gasteiger partial charge in [0.1, 0.15) is 0 Å². The summed E-state index contributed by atoms with van der Waals surface area (Å²) >= 11 is 0. The van der Waals surface area contributed by atoms with E-state index in [0.717, 1.165) is 22.2 Å². The standard InChI is InChI=1S/C14H13NO2/c1-3-17-14(16)9-8-11-10(2)15-13-7-5-4-6-12(11)13/h4-7,15H,3H2,1-2H3. The Kier molecular flexibility index (Phi) is 3.15. The summed E-state index contributed by atoms with van der Waals surface area (Å²) in [6, 6.07) is 7.87. The van der Waals surface area contributed by atoms with Crippen LogP contribution in [-0.2, 0) is 9.53 Å². The van der Waals surface area contributed by atoms with Gasteiger partial charge in [-0.25, -0.2) is 4.79 Å². The monoisotopic (exact) mass is 227 g/mol. The predicted octanol–water partition coefficient (Wildman–Crippen LogP) is 2.39. The summed E-state index contributed by atoms with van der Waals surface area (Å²) in [5.41, 5.74) is 2.84. The van der Waals surface area contributed by atoms with Gasteiger partial charge in [-0.2, -0.15) is 0 Å². The molecule has 3 heteroatoms. The maximum absolute atomic E-state index is 11.2. The van der Waals surface area contributed by atoms with E-state index in [9.17, 15) is 4.79 Å². The van der Waals surface area contributed by atoms with Gasteiger partial charge >= 0.3 is 5.97 Å². The van der Waals surface area contributed by atoms with Gasteiger partial charge in [0.2, 0.25) is 0 Å². The Balaban J connectivity index is 2.42. The third-order valence-electron chi connectivity index (χ3n) is 2.46. The molecule has 0 amide bonds. The molecule has 1 aromatic heterocycles. The summed E-state index contributed by atoms with van der Waals surface area (Å²) in [5, 5.41) is 1.03. The lowest BCUT2D eigenvalue weighted by molar-refractivity contribution is -0.136. The number of aromatic nitrogens is 1. The van der Waals surface area contributed by atoms with Crippen LogP contribution < -0.4 is 0 Å². The fraction of sp³-hybridized carbons (Fsp3) is 0.214. The molecule has 0 saturated carbocycles. The van der Waals surface area contributed by atoms with E-state index in [-0.39, 0.29) is 0 Å². The van der Waals surface area contributed by atoms with Crippen LogP contribution in [0.2, 0.25) is 0 Å². The fourth-order valence-electron chi connectivity index (χ4n) is 1.72. The van der Waals surface area contributed by atoms with Crippen molar-refractivity contribution in [1.82, 2.24) is 4.98 Å². The number of aryl methyl sites for hydroxylation is 1. The van der Waals surface area contributed by atoms with Crippen LogP contribution in [0.25, 0.3) is 10.9 Å². The maximum Gasteiger partial charge on any atom is 0.384 e. The van der Waals surface area contributed by atoms with E-state index in [1.807, 2.05) is 31.2 Å². The molecular weight excluding hydrogens is 214 g/mol. The Labute approximate surface area is 99.8 Å². The quantitative estimate of drug-likeness (QED) is 0.600. The molecule has 86 valence electrons. The van der Waals surface area contributed by atoms with Crippen LogP contribution in [0.3, 0.4) is 0 Å². The van der Waals surface area contributed by atoms with Gasteiger partial charge in [0.25, 0.3) is 0 Å². The van der Waals surface area contributed by atoms with Crippen LogP contribution >= 0.6 is 0 Å². The zero-order valence-corrected chi connectivity index (χ0v) is 9.83. The predicted molar refractivity (Wildman–Crippen MR) is 66.5 cm³/mol. The lowest BCUT2D eigenvalue weighted by Crippen LogP contribution is -1.99. The van der Waals surface area contributed by atoms with E-state index in [4.69, 9.17) is 4.74 Å².